The van der Waals surface area contributed by atoms with Crippen LogP contribution in [-0.4, -0.2) is 12.7 Å². The number of hydrogen-bond donors (Lipinski definition) is 1. The van der Waals surface area contributed by atoms with Crippen LogP contribution in [0.3, 0.4) is 0 Å². The van der Waals surface area contributed by atoms with Crippen molar-refractivity contribution in [1.82, 2.24) is 0 Å². The van der Waals surface area contributed by atoms with Crippen molar-refractivity contribution in [1.29, 1.82) is 0 Å². The maximum Gasteiger partial charge on any atom is 0.293 e. The number of carbonyl (C=O) groups excluding carboxylic acids is 1. The molecule has 2 aromatic rings. The Balaban J connectivity index is 1.76. The average Bonchev–Trinajstić information content (AvgIpc) is 2.94. The summed E-state index contributed by atoms with van der Waals surface area (Å²) < 4.78 is 12.5. The lowest BCUT2D eigenvalue weighted by atomic mass is 10.2. The number of ether oxygens (including phenoxy) is 2. The SMILES string of the molecule is Cc1cccc[n+]1[C@H](C)C(=O)Nc1ccc2c(c1)OCO2. The third kappa shape index (κ3) is 2.67. The molecule has 2 heterocycles. The first-order valence-corrected chi connectivity index (χ1v) is 6.82. The maximum atomic E-state index is 12.4. The maximum absolute atomic E-state index is 12.4. The second kappa shape index (κ2) is 5.44. The number of rotatable bonds is 3. The lowest BCUT2D eigenvalue weighted by Crippen LogP contribution is -2.46. The van der Waals surface area contributed by atoms with Gasteiger partial charge >= 0.3 is 0 Å². The van der Waals surface area contributed by atoms with E-state index in [-0.39, 0.29) is 18.7 Å². The molecule has 1 aliphatic rings. The number of carbonyl (C=O) groups is 1. The van der Waals surface area contributed by atoms with Crippen LogP contribution in [0.15, 0.2) is 42.6 Å². The summed E-state index contributed by atoms with van der Waals surface area (Å²) in [5.74, 6) is 1.28. The van der Waals surface area contributed by atoms with E-state index in [9.17, 15) is 4.79 Å². The highest BCUT2D eigenvalue weighted by molar-refractivity contribution is 5.92. The van der Waals surface area contributed by atoms with Gasteiger partial charge < -0.3 is 14.8 Å². The van der Waals surface area contributed by atoms with E-state index in [0.29, 0.717) is 17.2 Å². The zero-order valence-electron chi connectivity index (χ0n) is 12.0. The van der Waals surface area contributed by atoms with Gasteiger partial charge in [-0.3, -0.25) is 4.79 Å². The van der Waals surface area contributed by atoms with Crippen LogP contribution >= 0.6 is 0 Å². The van der Waals surface area contributed by atoms with E-state index in [4.69, 9.17) is 9.47 Å². The Morgan fingerprint density at radius 2 is 2.05 bits per heavy atom. The molecule has 1 atom stereocenters. The summed E-state index contributed by atoms with van der Waals surface area (Å²) in [6.45, 7) is 4.07. The van der Waals surface area contributed by atoms with Crippen LogP contribution in [0.25, 0.3) is 0 Å². The van der Waals surface area contributed by atoms with Gasteiger partial charge in [-0.1, -0.05) is 6.07 Å². The second-order valence-electron chi connectivity index (χ2n) is 4.98. The number of pyridine rings is 1. The van der Waals surface area contributed by atoms with E-state index in [1.165, 1.54) is 0 Å². The fourth-order valence-corrected chi connectivity index (χ4v) is 2.32. The summed E-state index contributed by atoms with van der Waals surface area (Å²) in [5, 5.41) is 2.90. The largest absolute Gasteiger partial charge is 0.454 e. The number of nitrogens with one attached hydrogen (secondary N) is 1. The zero-order chi connectivity index (χ0) is 14.8. The number of hydrogen-bond acceptors (Lipinski definition) is 3. The van der Waals surface area contributed by atoms with Crippen molar-refractivity contribution in [3.63, 3.8) is 0 Å². The highest BCUT2D eigenvalue weighted by Gasteiger charge is 2.24. The lowest BCUT2D eigenvalue weighted by Gasteiger charge is -2.10. The minimum Gasteiger partial charge on any atom is -0.454 e. The van der Waals surface area contributed by atoms with Crippen molar-refractivity contribution in [2.45, 2.75) is 19.9 Å². The molecular weight excluding hydrogens is 268 g/mol. The van der Waals surface area contributed by atoms with Crippen LogP contribution in [0.1, 0.15) is 18.7 Å². The summed E-state index contributed by atoms with van der Waals surface area (Å²) in [7, 11) is 0. The Labute approximate surface area is 123 Å². The van der Waals surface area contributed by atoms with Crippen molar-refractivity contribution < 1.29 is 18.8 Å². The van der Waals surface area contributed by atoms with E-state index >= 15 is 0 Å². The summed E-state index contributed by atoms with van der Waals surface area (Å²) >= 11 is 0. The van der Waals surface area contributed by atoms with Crippen LogP contribution in [0.4, 0.5) is 5.69 Å². The molecule has 0 radical (unpaired) electrons. The first-order valence-electron chi connectivity index (χ1n) is 6.82. The van der Waals surface area contributed by atoms with Gasteiger partial charge in [-0.05, 0) is 12.1 Å². The van der Waals surface area contributed by atoms with E-state index in [2.05, 4.69) is 5.32 Å². The molecule has 1 aromatic carbocycles. The monoisotopic (exact) mass is 285 g/mol. The van der Waals surface area contributed by atoms with Gasteiger partial charge in [0.15, 0.2) is 23.4 Å². The summed E-state index contributed by atoms with van der Waals surface area (Å²) in [5.41, 5.74) is 1.73. The highest BCUT2D eigenvalue weighted by atomic mass is 16.7. The standard InChI is InChI=1S/C16H16N2O3/c1-11-5-3-4-8-18(11)12(2)16(19)17-13-6-7-14-15(9-13)21-10-20-14/h3-9,12H,10H2,1-2H3/p+1/t12-/m1/s1. The molecule has 1 aromatic heterocycles. The average molecular weight is 285 g/mol. The van der Waals surface area contributed by atoms with Gasteiger partial charge in [-0.25, -0.2) is 0 Å². The third-order valence-electron chi connectivity index (χ3n) is 3.54. The van der Waals surface area contributed by atoms with Gasteiger partial charge in [0, 0.05) is 37.7 Å². The predicted octanol–water partition coefficient (Wildman–Crippen LogP) is 2.21. The fraction of sp³-hybridized carbons (Fsp3) is 0.250. The Hall–Kier alpha value is -2.56. The second-order valence-corrected chi connectivity index (χ2v) is 4.98. The van der Waals surface area contributed by atoms with Crippen LogP contribution in [-0.2, 0) is 4.79 Å². The number of nitrogens with zero attached hydrogens (tertiary/aromatic N) is 1. The lowest BCUT2D eigenvalue weighted by molar-refractivity contribution is -0.711. The Morgan fingerprint density at radius 3 is 2.86 bits per heavy atom. The molecule has 21 heavy (non-hydrogen) atoms. The normalized spacial score (nSPS) is 13.8. The van der Waals surface area contributed by atoms with Crippen molar-refractivity contribution >= 4 is 11.6 Å². The van der Waals surface area contributed by atoms with Gasteiger partial charge in [0.05, 0.1) is 0 Å². The summed E-state index contributed by atoms with van der Waals surface area (Å²) in [4.78, 5) is 12.4. The number of aryl methyl sites for hydroxylation is 1. The molecule has 5 heteroatoms. The molecule has 0 bridgehead atoms. The van der Waals surface area contributed by atoms with Crippen molar-refractivity contribution in [2.75, 3.05) is 12.1 Å². The van der Waals surface area contributed by atoms with Gasteiger partial charge in [0.25, 0.3) is 5.91 Å². The molecule has 0 fully saturated rings. The number of benzene rings is 1. The van der Waals surface area contributed by atoms with E-state index in [1.807, 2.05) is 42.8 Å². The molecule has 108 valence electrons. The Morgan fingerprint density at radius 1 is 1.24 bits per heavy atom. The van der Waals surface area contributed by atoms with Gasteiger partial charge in [0.2, 0.25) is 12.8 Å². The van der Waals surface area contributed by atoms with Gasteiger partial charge in [-0.15, -0.1) is 0 Å². The first kappa shape index (κ1) is 13.4. The molecule has 1 N–H and O–H groups in total. The van der Waals surface area contributed by atoms with Gasteiger partial charge in [0.1, 0.15) is 0 Å². The van der Waals surface area contributed by atoms with Crippen LogP contribution in [0.5, 0.6) is 11.5 Å². The third-order valence-corrected chi connectivity index (χ3v) is 3.54. The number of fused-ring (bicyclic) bond motifs is 1. The molecule has 3 rings (SSSR count). The predicted molar refractivity (Wildman–Crippen MR) is 77.3 cm³/mol. The smallest absolute Gasteiger partial charge is 0.293 e. The minimum absolute atomic E-state index is 0.0758. The van der Waals surface area contributed by atoms with E-state index in [0.717, 1.165) is 5.69 Å². The van der Waals surface area contributed by atoms with Crippen LogP contribution < -0.4 is 19.4 Å². The number of aromatic nitrogens is 1. The molecule has 1 aliphatic heterocycles. The van der Waals surface area contributed by atoms with Crippen molar-refractivity contribution in [3.05, 3.63) is 48.3 Å². The molecule has 0 saturated carbocycles. The highest BCUT2D eigenvalue weighted by Crippen LogP contribution is 2.34. The van der Waals surface area contributed by atoms with Gasteiger partial charge in [-0.2, -0.15) is 4.57 Å². The Kier molecular flexibility index (Phi) is 3.48. The van der Waals surface area contributed by atoms with Crippen molar-refractivity contribution in [2.24, 2.45) is 0 Å². The van der Waals surface area contributed by atoms with Crippen molar-refractivity contribution in [3.8, 4) is 11.5 Å². The molecule has 1 amide bonds. The van der Waals surface area contributed by atoms with E-state index in [1.54, 1.807) is 18.2 Å². The molecule has 0 unspecified atom stereocenters. The molecule has 0 spiro atoms. The molecular formula is C16H17N2O3+. The Bertz CT molecular complexity index is 685. The van der Waals surface area contributed by atoms with Crippen LogP contribution in [0, 0.1) is 6.92 Å². The summed E-state index contributed by atoms with van der Waals surface area (Å²) in [6.07, 6.45) is 1.90. The minimum atomic E-state index is -0.295. The molecule has 0 aliphatic carbocycles. The zero-order valence-corrected chi connectivity index (χ0v) is 12.0. The topological polar surface area (TPSA) is 51.4 Å². The number of amides is 1. The molecule has 5 nitrogen and oxygen atoms in total. The fourth-order valence-electron chi connectivity index (χ4n) is 2.32. The van der Waals surface area contributed by atoms with E-state index < -0.39 is 0 Å². The first-order chi connectivity index (χ1) is 10.1. The quantitative estimate of drug-likeness (QED) is 0.880. The van der Waals surface area contributed by atoms with Crippen LogP contribution in [0.2, 0.25) is 0 Å². The summed E-state index contributed by atoms with van der Waals surface area (Å²) in [6, 6.07) is 10.9. The molecule has 0 saturated heterocycles. The number of anilines is 1.